The molecule has 0 bridgehead atoms. The van der Waals surface area contributed by atoms with Gasteiger partial charge in [-0.2, -0.15) is 0 Å². The number of rotatable bonds is 8. The molecule has 92 valence electrons. The second-order valence-electron chi connectivity index (χ2n) is 4.79. The molecular weight excluding hydrogens is 188 g/mol. The Morgan fingerprint density at radius 3 is 1.80 bits per heavy atom. The first-order valence-corrected chi connectivity index (χ1v) is 6.15. The van der Waals surface area contributed by atoms with Gasteiger partial charge in [0, 0.05) is 0 Å². The van der Waals surface area contributed by atoms with Crippen LogP contribution >= 0.6 is 0 Å². The van der Waals surface area contributed by atoms with Crippen LogP contribution in [0.25, 0.3) is 0 Å². The third-order valence-corrected chi connectivity index (χ3v) is 3.10. The summed E-state index contributed by atoms with van der Waals surface area (Å²) in [7, 11) is 0. The SMILES string of the molecule is CCCCN(CCCC)C(C)(C)C(N)O. The number of nitrogens with two attached hydrogens (primary N) is 1. The maximum atomic E-state index is 9.59. The van der Waals surface area contributed by atoms with Crippen LogP contribution in [0.2, 0.25) is 0 Å². The predicted octanol–water partition coefficient (Wildman–Crippen LogP) is 1.94. The van der Waals surface area contributed by atoms with Crippen molar-refractivity contribution in [3.63, 3.8) is 0 Å². The minimum absolute atomic E-state index is 0.315. The zero-order valence-corrected chi connectivity index (χ0v) is 10.8. The molecule has 0 aliphatic rings. The molecule has 0 saturated carbocycles. The first-order chi connectivity index (χ1) is 6.96. The number of aliphatic hydroxyl groups excluding tert-OH is 1. The summed E-state index contributed by atoms with van der Waals surface area (Å²) in [6.45, 7) is 10.5. The Bertz CT molecular complexity index is 150. The lowest BCUT2D eigenvalue weighted by Crippen LogP contribution is -2.56. The Balaban J connectivity index is 4.31. The van der Waals surface area contributed by atoms with Crippen LogP contribution in [-0.2, 0) is 0 Å². The van der Waals surface area contributed by atoms with Gasteiger partial charge in [0.25, 0.3) is 0 Å². The molecule has 0 aliphatic carbocycles. The summed E-state index contributed by atoms with van der Waals surface area (Å²) in [5, 5.41) is 9.59. The van der Waals surface area contributed by atoms with Gasteiger partial charge in [0.05, 0.1) is 5.54 Å². The van der Waals surface area contributed by atoms with Gasteiger partial charge in [-0.3, -0.25) is 4.90 Å². The molecule has 0 aromatic heterocycles. The molecule has 1 unspecified atom stereocenters. The Morgan fingerprint density at radius 2 is 1.53 bits per heavy atom. The van der Waals surface area contributed by atoms with E-state index in [2.05, 4.69) is 18.7 Å². The van der Waals surface area contributed by atoms with E-state index in [0.29, 0.717) is 0 Å². The van der Waals surface area contributed by atoms with E-state index < -0.39 is 6.23 Å². The molecule has 1 atom stereocenters. The van der Waals surface area contributed by atoms with Crippen molar-refractivity contribution in [1.29, 1.82) is 0 Å². The second-order valence-corrected chi connectivity index (χ2v) is 4.79. The first-order valence-electron chi connectivity index (χ1n) is 6.15. The van der Waals surface area contributed by atoms with Gasteiger partial charge in [0.1, 0.15) is 6.23 Å². The highest BCUT2D eigenvalue weighted by atomic mass is 16.3. The fourth-order valence-corrected chi connectivity index (χ4v) is 1.57. The van der Waals surface area contributed by atoms with E-state index in [9.17, 15) is 5.11 Å². The van der Waals surface area contributed by atoms with Gasteiger partial charge in [0.15, 0.2) is 0 Å². The molecule has 0 saturated heterocycles. The summed E-state index contributed by atoms with van der Waals surface area (Å²) in [5.41, 5.74) is 5.31. The standard InChI is InChI=1S/C12H28N2O/c1-5-7-9-14(10-8-6-2)12(3,4)11(13)15/h11,15H,5-10,13H2,1-4H3. The highest BCUT2D eigenvalue weighted by molar-refractivity contribution is 4.85. The van der Waals surface area contributed by atoms with Gasteiger partial charge in [-0.05, 0) is 39.8 Å². The topological polar surface area (TPSA) is 49.5 Å². The Kier molecular flexibility index (Phi) is 7.14. The van der Waals surface area contributed by atoms with Crippen LogP contribution in [0.3, 0.4) is 0 Å². The van der Waals surface area contributed by atoms with Gasteiger partial charge >= 0.3 is 0 Å². The molecule has 0 rings (SSSR count). The Hall–Kier alpha value is -0.120. The summed E-state index contributed by atoms with van der Waals surface area (Å²) >= 11 is 0. The van der Waals surface area contributed by atoms with Crippen LogP contribution in [0, 0.1) is 0 Å². The van der Waals surface area contributed by atoms with Crippen molar-refractivity contribution < 1.29 is 5.11 Å². The van der Waals surface area contributed by atoms with Crippen molar-refractivity contribution in [3.8, 4) is 0 Å². The Labute approximate surface area is 94.6 Å². The third-order valence-electron chi connectivity index (χ3n) is 3.10. The monoisotopic (exact) mass is 216 g/mol. The summed E-state index contributed by atoms with van der Waals surface area (Å²) in [6, 6.07) is 0. The van der Waals surface area contributed by atoms with Crippen molar-refractivity contribution in [3.05, 3.63) is 0 Å². The van der Waals surface area contributed by atoms with Crippen LogP contribution in [0.5, 0.6) is 0 Å². The van der Waals surface area contributed by atoms with Crippen molar-refractivity contribution in [1.82, 2.24) is 4.90 Å². The summed E-state index contributed by atoms with van der Waals surface area (Å²) < 4.78 is 0. The maximum Gasteiger partial charge on any atom is 0.120 e. The molecule has 0 heterocycles. The molecule has 0 amide bonds. The number of hydrogen-bond acceptors (Lipinski definition) is 3. The molecule has 15 heavy (non-hydrogen) atoms. The lowest BCUT2D eigenvalue weighted by atomic mass is 9.99. The maximum absolute atomic E-state index is 9.59. The second kappa shape index (κ2) is 7.20. The molecular formula is C12H28N2O. The average Bonchev–Trinajstić information content (AvgIpc) is 2.17. The average molecular weight is 216 g/mol. The molecule has 0 fully saturated rings. The van der Waals surface area contributed by atoms with Crippen LogP contribution in [-0.4, -0.2) is 34.9 Å². The van der Waals surface area contributed by atoms with Crippen LogP contribution < -0.4 is 5.73 Å². The van der Waals surface area contributed by atoms with Gasteiger partial charge < -0.3 is 10.8 Å². The summed E-state index contributed by atoms with van der Waals surface area (Å²) in [6.07, 6.45) is 3.92. The minimum Gasteiger partial charge on any atom is -0.377 e. The molecule has 3 nitrogen and oxygen atoms in total. The largest absolute Gasteiger partial charge is 0.377 e. The van der Waals surface area contributed by atoms with E-state index >= 15 is 0 Å². The Morgan fingerprint density at radius 1 is 1.13 bits per heavy atom. The van der Waals surface area contributed by atoms with E-state index in [0.717, 1.165) is 13.1 Å². The van der Waals surface area contributed by atoms with E-state index in [1.807, 2.05) is 13.8 Å². The van der Waals surface area contributed by atoms with Crippen molar-refractivity contribution in [2.24, 2.45) is 5.73 Å². The van der Waals surface area contributed by atoms with E-state index in [1.165, 1.54) is 25.7 Å². The zero-order chi connectivity index (χ0) is 11.9. The molecule has 0 aromatic rings. The molecule has 0 aromatic carbocycles. The quantitative estimate of drug-likeness (QED) is 0.610. The van der Waals surface area contributed by atoms with E-state index in [4.69, 9.17) is 5.73 Å². The molecule has 3 N–H and O–H groups in total. The fourth-order valence-electron chi connectivity index (χ4n) is 1.57. The minimum atomic E-state index is -0.772. The number of unbranched alkanes of at least 4 members (excludes halogenated alkanes) is 2. The van der Waals surface area contributed by atoms with Gasteiger partial charge in [-0.25, -0.2) is 0 Å². The van der Waals surface area contributed by atoms with E-state index in [-0.39, 0.29) is 5.54 Å². The lowest BCUT2D eigenvalue weighted by Gasteiger charge is -2.40. The zero-order valence-electron chi connectivity index (χ0n) is 10.8. The molecule has 0 radical (unpaired) electrons. The smallest absolute Gasteiger partial charge is 0.120 e. The summed E-state index contributed by atoms with van der Waals surface area (Å²) in [4.78, 5) is 2.31. The molecule has 0 spiro atoms. The van der Waals surface area contributed by atoms with Gasteiger partial charge in [0.2, 0.25) is 0 Å². The van der Waals surface area contributed by atoms with Crippen molar-refractivity contribution in [2.45, 2.75) is 65.1 Å². The normalized spacial score (nSPS) is 14.6. The molecule has 3 heteroatoms. The first kappa shape index (κ1) is 14.9. The van der Waals surface area contributed by atoms with Crippen LogP contribution in [0.4, 0.5) is 0 Å². The van der Waals surface area contributed by atoms with E-state index in [1.54, 1.807) is 0 Å². The lowest BCUT2D eigenvalue weighted by molar-refractivity contribution is -0.00785. The van der Waals surface area contributed by atoms with Gasteiger partial charge in [-0.1, -0.05) is 26.7 Å². The predicted molar refractivity (Wildman–Crippen MR) is 65.7 cm³/mol. The number of nitrogens with zero attached hydrogens (tertiary/aromatic N) is 1. The summed E-state index contributed by atoms with van der Waals surface area (Å²) in [5.74, 6) is 0. The fraction of sp³-hybridized carbons (Fsp3) is 1.00. The van der Waals surface area contributed by atoms with Gasteiger partial charge in [-0.15, -0.1) is 0 Å². The highest BCUT2D eigenvalue weighted by Gasteiger charge is 2.31. The highest BCUT2D eigenvalue weighted by Crippen LogP contribution is 2.18. The number of aliphatic hydroxyl groups is 1. The third kappa shape index (κ3) is 4.96. The van der Waals surface area contributed by atoms with Crippen LogP contribution in [0.1, 0.15) is 53.4 Å². The molecule has 0 aliphatic heterocycles. The van der Waals surface area contributed by atoms with Crippen LogP contribution in [0.15, 0.2) is 0 Å². The van der Waals surface area contributed by atoms with Crippen molar-refractivity contribution in [2.75, 3.05) is 13.1 Å². The number of hydrogen-bond donors (Lipinski definition) is 2. The van der Waals surface area contributed by atoms with Crippen molar-refractivity contribution >= 4 is 0 Å².